The third-order valence-corrected chi connectivity index (χ3v) is 7.31. The van der Waals surface area contributed by atoms with E-state index in [1.54, 1.807) is 0 Å². The van der Waals surface area contributed by atoms with Crippen molar-refractivity contribution < 1.29 is 32.2 Å². The molecule has 3 aromatic rings. The van der Waals surface area contributed by atoms with Crippen molar-refractivity contribution in [2.24, 2.45) is 5.41 Å². The topological polar surface area (TPSA) is 100 Å². The van der Waals surface area contributed by atoms with Crippen LogP contribution in [0.2, 0.25) is 10.0 Å². The van der Waals surface area contributed by atoms with Gasteiger partial charge >= 0.3 is 5.97 Å². The van der Waals surface area contributed by atoms with E-state index in [-0.39, 0.29) is 38.9 Å². The third-order valence-electron chi connectivity index (χ3n) is 6.78. The number of ether oxygens (including phenoxy) is 2. The number of nitrogens with zero attached hydrogens (tertiary/aromatic N) is 1. The molecule has 3 atom stereocenters. The Labute approximate surface area is 264 Å². The molecule has 0 radical (unpaired) electrons. The summed E-state index contributed by atoms with van der Waals surface area (Å²) in [6.45, 7) is 5.84. The van der Waals surface area contributed by atoms with Crippen molar-refractivity contribution in [3.63, 3.8) is 0 Å². The number of nitriles is 1. The number of amides is 1. The molecule has 0 aliphatic rings. The minimum Gasteiger partial charge on any atom is -0.495 e. The van der Waals surface area contributed by atoms with E-state index in [4.69, 9.17) is 27.9 Å². The Balaban J connectivity index is 2.11. The Kier molecular flexibility index (Phi) is 11.7. The summed E-state index contributed by atoms with van der Waals surface area (Å²) < 4.78 is 54.8. The summed E-state index contributed by atoms with van der Waals surface area (Å²) in [5.41, 5.74) is -0.767. The highest BCUT2D eigenvalue weighted by Gasteiger charge is 2.36. The highest BCUT2D eigenvalue weighted by atomic mass is 35.5. The smallest absolute Gasteiger partial charge is 0.340 e. The predicted molar refractivity (Wildman–Crippen MR) is 163 cm³/mol. The number of anilines is 1. The van der Waals surface area contributed by atoms with Crippen LogP contribution in [0.1, 0.15) is 54.6 Å². The van der Waals surface area contributed by atoms with E-state index >= 15 is 4.39 Å². The van der Waals surface area contributed by atoms with Gasteiger partial charge in [0.25, 0.3) is 0 Å². The van der Waals surface area contributed by atoms with E-state index in [2.05, 4.69) is 15.4 Å². The summed E-state index contributed by atoms with van der Waals surface area (Å²) in [5.74, 6) is -5.76. The van der Waals surface area contributed by atoms with Gasteiger partial charge in [0.05, 0.1) is 42.5 Å². The molecule has 0 spiro atoms. The van der Waals surface area contributed by atoms with Crippen LogP contribution in [-0.2, 0) is 16.0 Å². The van der Waals surface area contributed by atoms with Gasteiger partial charge in [-0.2, -0.15) is 5.26 Å². The van der Waals surface area contributed by atoms with Crippen LogP contribution >= 0.6 is 23.2 Å². The molecule has 3 aromatic carbocycles. The fourth-order valence-corrected chi connectivity index (χ4v) is 5.18. The largest absolute Gasteiger partial charge is 0.495 e. The normalized spacial score (nSPS) is 13.4. The molecule has 0 heterocycles. The zero-order chi connectivity index (χ0) is 32.8. The van der Waals surface area contributed by atoms with Gasteiger partial charge in [-0.3, -0.25) is 4.79 Å². The maximum Gasteiger partial charge on any atom is 0.340 e. The van der Waals surface area contributed by atoms with Crippen LogP contribution in [-0.4, -0.2) is 38.2 Å². The van der Waals surface area contributed by atoms with Crippen LogP contribution in [0.25, 0.3) is 0 Å². The standard InChI is InChI=1S/C32H32Cl2F3N3O4/c1-32(2,3)15-19(11-17-9-10-18(33)12-24(17)35)39-29(22(16-38)20-7-6-8-23(34)28(20)37)30(41)40-26-14-25(36)21(31(42)44-5)13-27(26)43-4/h6-10,12-14,19,22,29,39H,11,15H2,1-5H3,(H,40,41)/t19-,22+,29-/m1/s1. The minimum atomic E-state index is -1.45. The van der Waals surface area contributed by atoms with Gasteiger partial charge in [0, 0.05) is 22.7 Å². The Bertz CT molecular complexity index is 1570. The van der Waals surface area contributed by atoms with Crippen molar-refractivity contribution in [3.8, 4) is 11.8 Å². The summed E-state index contributed by atoms with van der Waals surface area (Å²) in [7, 11) is 2.33. The van der Waals surface area contributed by atoms with Crippen molar-refractivity contribution >= 4 is 40.8 Å². The molecule has 0 saturated heterocycles. The summed E-state index contributed by atoms with van der Waals surface area (Å²) in [5, 5.41) is 15.9. The molecule has 2 N–H and O–H groups in total. The molecule has 0 aliphatic carbocycles. The average molecular weight is 651 g/mol. The molecule has 234 valence electrons. The number of carbonyl (C=O) groups excluding carboxylic acids is 2. The molecule has 7 nitrogen and oxygen atoms in total. The molecule has 0 saturated carbocycles. The summed E-state index contributed by atoms with van der Waals surface area (Å²) in [6.07, 6.45) is 0.493. The molecule has 0 fully saturated rings. The van der Waals surface area contributed by atoms with E-state index in [0.717, 1.165) is 19.2 Å². The van der Waals surface area contributed by atoms with E-state index in [0.29, 0.717) is 12.0 Å². The maximum atomic E-state index is 15.2. The van der Waals surface area contributed by atoms with Gasteiger partial charge in [0.2, 0.25) is 5.91 Å². The minimum absolute atomic E-state index is 0.0733. The van der Waals surface area contributed by atoms with Crippen LogP contribution in [0.4, 0.5) is 18.9 Å². The second-order valence-electron chi connectivity index (χ2n) is 11.3. The Morgan fingerprint density at radius 3 is 2.32 bits per heavy atom. The van der Waals surface area contributed by atoms with Gasteiger partial charge in [0.15, 0.2) is 0 Å². The van der Waals surface area contributed by atoms with Gasteiger partial charge in [-0.1, -0.05) is 62.2 Å². The van der Waals surface area contributed by atoms with Gasteiger partial charge in [-0.15, -0.1) is 0 Å². The molecular weight excluding hydrogens is 618 g/mol. The SMILES string of the molecule is COC(=O)c1cc(OC)c(NC(=O)[C@H](N[C@H](Cc2ccc(Cl)cc2F)CC(C)(C)C)[C@@H](C#N)c2cccc(Cl)c2F)cc1F. The molecular formula is C32H32Cl2F3N3O4. The zero-order valence-electron chi connectivity index (χ0n) is 24.7. The second-order valence-corrected chi connectivity index (χ2v) is 12.2. The summed E-state index contributed by atoms with van der Waals surface area (Å²) >= 11 is 12.0. The Morgan fingerprint density at radius 1 is 1.02 bits per heavy atom. The average Bonchev–Trinajstić information content (AvgIpc) is 2.95. The predicted octanol–water partition coefficient (Wildman–Crippen LogP) is 7.46. The first-order chi connectivity index (χ1) is 20.7. The highest BCUT2D eigenvalue weighted by molar-refractivity contribution is 6.31. The molecule has 0 aliphatic heterocycles. The maximum absolute atomic E-state index is 15.2. The lowest BCUT2D eigenvalue weighted by atomic mass is 9.84. The fraction of sp³-hybridized carbons (Fsp3) is 0.344. The van der Waals surface area contributed by atoms with E-state index < -0.39 is 52.9 Å². The van der Waals surface area contributed by atoms with E-state index in [1.165, 1.54) is 43.5 Å². The molecule has 0 bridgehead atoms. The first-order valence-electron chi connectivity index (χ1n) is 13.5. The number of hydrogen-bond acceptors (Lipinski definition) is 6. The van der Waals surface area contributed by atoms with Crippen LogP contribution < -0.4 is 15.4 Å². The van der Waals surface area contributed by atoms with Gasteiger partial charge in [-0.05, 0) is 48.1 Å². The Hall–Kier alpha value is -3.78. The second kappa shape index (κ2) is 14.8. The first kappa shape index (κ1) is 34.7. The van der Waals surface area contributed by atoms with Gasteiger partial charge < -0.3 is 20.1 Å². The lowest BCUT2D eigenvalue weighted by Crippen LogP contribution is -2.51. The molecule has 0 aromatic heterocycles. The third kappa shape index (κ3) is 8.65. The number of hydrogen-bond donors (Lipinski definition) is 2. The number of benzene rings is 3. The monoisotopic (exact) mass is 649 g/mol. The van der Waals surface area contributed by atoms with E-state index in [1.807, 2.05) is 26.8 Å². The number of halogens is 5. The number of esters is 1. The molecule has 1 amide bonds. The molecule has 12 heteroatoms. The van der Waals surface area contributed by atoms with Crippen LogP contribution in [0, 0.1) is 34.2 Å². The summed E-state index contributed by atoms with van der Waals surface area (Å²) in [6, 6.07) is 10.2. The van der Waals surface area contributed by atoms with Gasteiger partial charge in [0.1, 0.15) is 29.2 Å². The quantitative estimate of drug-likeness (QED) is 0.209. The van der Waals surface area contributed by atoms with Crippen LogP contribution in [0.15, 0.2) is 48.5 Å². The molecule has 44 heavy (non-hydrogen) atoms. The lowest BCUT2D eigenvalue weighted by Gasteiger charge is -2.32. The van der Waals surface area contributed by atoms with Crippen molar-refractivity contribution in [2.75, 3.05) is 19.5 Å². The first-order valence-corrected chi connectivity index (χ1v) is 14.2. The number of rotatable bonds is 11. The van der Waals surface area contributed by atoms with Crippen molar-refractivity contribution in [3.05, 3.63) is 92.7 Å². The highest BCUT2D eigenvalue weighted by Crippen LogP contribution is 2.32. The number of nitrogens with one attached hydrogen (secondary N) is 2. The fourth-order valence-electron chi connectivity index (χ4n) is 4.84. The number of carbonyl (C=O) groups is 2. The molecule has 3 rings (SSSR count). The zero-order valence-corrected chi connectivity index (χ0v) is 26.2. The summed E-state index contributed by atoms with van der Waals surface area (Å²) in [4.78, 5) is 25.9. The number of methoxy groups -OCH3 is 2. The van der Waals surface area contributed by atoms with Gasteiger partial charge in [-0.25, -0.2) is 18.0 Å². The molecule has 0 unspecified atom stereocenters. The lowest BCUT2D eigenvalue weighted by molar-refractivity contribution is -0.118. The Morgan fingerprint density at radius 2 is 1.73 bits per heavy atom. The van der Waals surface area contributed by atoms with Crippen LogP contribution in [0.5, 0.6) is 5.75 Å². The van der Waals surface area contributed by atoms with Crippen molar-refractivity contribution in [1.82, 2.24) is 5.32 Å². The van der Waals surface area contributed by atoms with E-state index in [9.17, 15) is 23.6 Å². The van der Waals surface area contributed by atoms with Crippen molar-refractivity contribution in [2.45, 2.75) is 51.6 Å². The van der Waals surface area contributed by atoms with Crippen LogP contribution in [0.3, 0.4) is 0 Å². The van der Waals surface area contributed by atoms with Crippen molar-refractivity contribution in [1.29, 1.82) is 5.26 Å².